The van der Waals surface area contributed by atoms with Crippen molar-refractivity contribution in [1.29, 1.82) is 0 Å². The van der Waals surface area contributed by atoms with E-state index in [1.807, 2.05) is 6.92 Å². The van der Waals surface area contributed by atoms with Gasteiger partial charge in [-0.1, -0.05) is 6.07 Å². The number of aryl methyl sites for hydroxylation is 1. The quantitative estimate of drug-likeness (QED) is 0.534. The standard InChI is InChI=1S/C17H14N6O5/c1-10-2-3-11(6-13(10)22-9-18-20-21-22)19-17(24)12-7-15-16(28-5-4-27-15)8-14(12)23(25)26/h2-3,6-9H,4-5H2,1H3,(H,19,24). The summed E-state index contributed by atoms with van der Waals surface area (Å²) in [5, 5.41) is 25.1. The van der Waals surface area contributed by atoms with Gasteiger partial charge < -0.3 is 14.8 Å². The fourth-order valence-corrected chi connectivity index (χ4v) is 2.82. The van der Waals surface area contributed by atoms with Crippen LogP contribution in [0.1, 0.15) is 15.9 Å². The number of rotatable bonds is 4. The smallest absolute Gasteiger partial charge is 0.286 e. The molecule has 4 rings (SSSR count). The molecule has 0 spiro atoms. The van der Waals surface area contributed by atoms with Crippen LogP contribution in [0.15, 0.2) is 36.7 Å². The van der Waals surface area contributed by atoms with E-state index in [0.717, 1.165) is 5.56 Å². The number of aromatic nitrogens is 4. The summed E-state index contributed by atoms with van der Waals surface area (Å²) in [6.07, 6.45) is 1.43. The van der Waals surface area contributed by atoms with Crippen LogP contribution in [0.25, 0.3) is 5.69 Å². The van der Waals surface area contributed by atoms with Crippen LogP contribution in [0.4, 0.5) is 11.4 Å². The van der Waals surface area contributed by atoms with Crippen molar-refractivity contribution in [2.75, 3.05) is 18.5 Å². The molecule has 1 aliphatic rings. The molecular formula is C17H14N6O5. The zero-order valence-electron chi connectivity index (χ0n) is 14.7. The van der Waals surface area contributed by atoms with E-state index in [-0.39, 0.29) is 17.0 Å². The topological polar surface area (TPSA) is 134 Å². The lowest BCUT2D eigenvalue weighted by atomic mass is 10.1. The van der Waals surface area contributed by atoms with Gasteiger partial charge in [-0.15, -0.1) is 5.10 Å². The number of carbonyl (C=O) groups is 1. The first-order valence-electron chi connectivity index (χ1n) is 8.26. The van der Waals surface area contributed by atoms with Crippen LogP contribution >= 0.6 is 0 Å². The Hall–Kier alpha value is -4.02. The van der Waals surface area contributed by atoms with Crippen molar-refractivity contribution in [2.45, 2.75) is 6.92 Å². The lowest BCUT2D eigenvalue weighted by Crippen LogP contribution is -2.18. The first-order valence-corrected chi connectivity index (χ1v) is 8.26. The maximum atomic E-state index is 12.7. The molecule has 0 bridgehead atoms. The number of benzene rings is 2. The number of anilines is 1. The summed E-state index contributed by atoms with van der Waals surface area (Å²) in [5.74, 6) is -0.110. The van der Waals surface area contributed by atoms with E-state index >= 15 is 0 Å². The Morgan fingerprint density at radius 1 is 1.21 bits per heavy atom. The third-order valence-corrected chi connectivity index (χ3v) is 4.16. The van der Waals surface area contributed by atoms with Gasteiger partial charge in [-0.05, 0) is 35.0 Å². The van der Waals surface area contributed by atoms with Crippen LogP contribution in [0.2, 0.25) is 0 Å². The summed E-state index contributed by atoms with van der Waals surface area (Å²) in [5.41, 5.74) is 1.49. The minimum absolute atomic E-state index is 0.126. The molecule has 0 saturated carbocycles. The second-order valence-electron chi connectivity index (χ2n) is 5.98. The van der Waals surface area contributed by atoms with Crippen molar-refractivity contribution >= 4 is 17.3 Å². The maximum absolute atomic E-state index is 12.7. The number of hydrogen-bond donors (Lipinski definition) is 1. The number of tetrazole rings is 1. The van der Waals surface area contributed by atoms with Crippen molar-refractivity contribution in [1.82, 2.24) is 20.2 Å². The molecule has 0 atom stereocenters. The third-order valence-electron chi connectivity index (χ3n) is 4.16. The largest absolute Gasteiger partial charge is 0.486 e. The average Bonchev–Trinajstić information content (AvgIpc) is 3.23. The van der Waals surface area contributed by atoms with Gasteiger partial charge in [0.2, 0.25) is 0 Å². The van der Waals surface area contributed by atoms with E-state index in [4.69, 9.17) is 9.47 Å². The van der Waals surface area contributed by atoms with Gasteiger partial charge in [0.25, 0.3) is 11.6 Å². The average molecular weight is 382 g/mol. The Bertz CT molecular complexity index is 1070. The molecule has 0 unspecified atom stereocenters. The molecule has 0 radical (unpaired) electrons. The van der Waals surface area contributed by atoms with Crippen LogP contribution in [0.5, 0.6) is 11.5 Å². The number of nitrogens with zero attached hydrogens (tertiary/aromatic N) is 5. The zero-order chi connectivity index (χ0) is 19.7. The Balaban J connectivity index is 1.67. The lowest BCUT2D eigenvalue weighted by Gasteiger charge is -2.19. The van der Waals surface area contributed by atoms with Gasteiger partial charge in [-0.2, -0.15) is 0 Å². The molecule has 142 valence electrons. The number of nitro benzene ring substituents is 1. The third kappa shape index (κ3) is 3.20. The Morgan fingerprint density at radius 2 is 1.96 bits per heavy atom. The van der Waals surface area contributed by atoms with Crippen LogP contribution < -0.4 is 14.8 Å². The number of fused-ring (bicyclic) bond motifs is 1. The molecule has 1 aliphatic heterocycles. The lowest BCUT2D eigenvalue weighted by molar-refractivity contribution is -0.385. The summed E-state index contributed by atoms with van der Waals surface area (Å²) >= 11 is 0. The van der Waals surface area contributed by atoms with Crippen molar-refractivity contribution in [3.8, 4) is 17.2 Å². The summed E-state index contributed by atoms with van der Waals surface area (Å²) in [6, 6.07) is 7.66. The molecule has 1 amide bonds. The van der Waals surface area contributed by atoms with Gasteiger partial charge in [-0.3, -0.25) is 14.9 Å². The number of nitro groups is 1. The number of carbonyl (C=O) groups excluding carboxylic acids is 1. The molecule has 0 saturated heterocycles. The van der Waals surface area contributed by atoms with Crippen molar-refractivity contribution in [3.63, 3.8) is 0 Å². The Kier molecular flexibility index (Phi) is 4.32. The molecular weight excluding hydrogens is 368 g/mol. The first-order chi connectivity index (χ1) is 13.5. The number of hydrogen-bond acceptors (Lipinski definition) is 8. The van der Waals surface area contributed by atoms with Crippen LogP contribution in [-0.4, -0.2) is 44.3 Å². The van der Waals surface area contributed by atoms with Gasteiger partial charge >= 0.3 is 0 Å². The molecule has 11 heteroatoms. The molecule has 1 N–H and O–H groups in total. The van der Waals surface area contributed by atoms with E-state index in [0.29, 0.717) is 30.3 Å². The molecule has 0 fully saturated rings. The molecule has 0 aliphatic carbocycles. The molecule has 2 aromatic carbocycles. The SMILES string of the molecule is Cc1ccc(NC(=O)c2cc3c(cc2[N+](=O)[O-])OCCO3)cc1-n1cnnn1. The van der Waals surface area contributed by atoms with Crippen LogP contribution in [-0.2, 0) is 0 Å². The Labute approximate surface area is 158 Å². The van der Waals surface area contributed by atoms with E-state index in [1.165, 1.54) is 23.1 Å². The number of ether oxygens (including phenoxy) is 2. The normalized spacial score (nSPS) is 12.5. The highest BCUT2D eigenvalue weighted by Gasteiger charge is 2.26. The predicted octanol–water partition coefficient (Wildman–Crippen LogP) is 1.90. The van der Waals surface area contributed by atoms with Crippen molar-refractivity contribution in [3.05, 3.63) is 57.9 Å². The molecule has 3 aromatic rings. The van der Waals surface area contributed by atoms with Gasteiger partial charge in [0, 0.05) is 11.8 Å². The second-order valence-corrected chi connectivity index (χ2v) is 5.98. The summed E-state index contributed by atoms with van der Waals surface area (Å²) in [4.78, 5) is 23.5. The summed E-state index contributed by atoms with van der Waals surface area (Å²) < 4.78 is 12.2. The maximum Gasteiger partial charge on any atom is 0.286 e. The highest BCUT2D eigenvalue weighted by atomic mass is 16.6. The van der Waals surface area contributed by atoms with Crippen molar-refractivity contribution < 1.29 is 19.2 Å². The van der Waals surface area contributed by atoms with E-state index in [9.17, 15) is 14.9 Å². The van der Waals surface area contributed by atoms with E-state index < -0.39 is 10.8 Å². The predicted molar refractivity (Wildman–Crippen MR) is 95.9 cm³/mol. The molecule has 11 nitrogen and oxygen atoms in total. The van der Waals surface area contributed by atoms with Gasteiger partial charge in [-0.25, -0.2) is 4.68 Å². The fourth-order valence-electron chi connectivity index (χ4n) is 2.82. The van der Waals surface area contributed by atoms with E-state index in [2.05, 4.69) is 20.8 Å². The van der Waals surface area contributed by atoms with Gasteiger partial charge in [0.1, 0.15) is 25.1 Å². The zero-order valence-corrected chi connectivity index (χ0v) is 14.7. The van der Waals surface area contributed by atoms with Crippen molar-refractivity contribution in [2.24, 2.45) is 0 Å². The molecule has 1 aromatic heterocycles. The monoisotopic (exact) mass is 382 g/mol. The minimum atomic E-state index is -0.643. The molecule has 28 heavy (non-hydrogen) atoms. The molecule has 2 heterocycles. The fraction of sp³-hybridized carbons (Fsp3) is 0.176. The summed E-state index contributed by atoms with van der Waals surface area (Å²) in [7, 11) is 0. The van der Waals surface area contributed by atoms with Gasteiger partial charge in [0.15, 0.2) is 11.5 Å². The Morgan fingerprint density at radius 3 is 2.64 bits per heavy atom. The second kappa shape index (κ2) is 6.95. The highest BCUT2D eigenvalue weighted by molar-refractivity contribution is 6.07. The summed E-state index contributed by atoms with van der Waals surface area (Å²) in [6.45, 7) is 2.46. The van der Waals surface area contributed by atoms with Gasteiger partial charge in [0.05, 0.1) is 16.7 Å². The van der Waals surface area contributed by atoms with Crippen LogP contribution in [0.3, 0.4) is 0 Å². The first kappa shape index (κ1) is 17.4. The van der Waals surface area contributed by atoms with E-state index in [1.54, 1.807) is 18.2 Å². The minimum Gasteiger partial charge on any atom is -0.486 e. The number of amides is 1. The van der Waals surface area contributed by atoms with Crippen LogP contribution in [0, 0.1) is 17.0 Å². The highest BCUT2D eigenvalue weighted by Crippen LogP contribution is 2.37. The number of nitrogens with one attached hydrogen (secondary N) is 1.